The Morgan fingerprint density at radius 2 is 2.00 bits per heavy atom. The van der Waals surface area contributed by atoms with Crippen LogP contribution in [-0.2, 0) is 16.4 Å². The molecule has 168 valence electrons. The van der Waals surface area contributed by atoms with Gasteiger partial charge >= 0.3 is 0 Å². The minimum atomic E-state index is -4.13. The molecule has 10 heteroatoms. The molecule has 1 fully saturated rings. The van der Waals surface area contributed by atoms with Crippen molar-refractivity contribution in [2.75, 3.05) is 13.3 Å². The van der Waals surface area contributed by atoms with E-state index in [0.29, 0.717) is 22.6 Å². The highest BCUT2D eigenvalue weighted by molar-refractivity contribution is 7.89. The average molecular weight is 460 g/mol. The molecule has 0 saturated heterocycles. The van der Waals surface area contributed by atoms with Gasteiger partial charge in [0.15, 0.2) is 0 Å². The molecule has 0 aliphatic heterocycles. The number of sulfonamides is 1. The van der Waals surface area contributed by atoms with Crippen LogP contribution >= 0.6 is 0 Å². The standard InChI is InChI=1S/C22H23F2N5O2S/c1-2-14-8-18-19(11-25)21(29(16-4-3-5-16)22(18)27-12-14)20-7-6-17(13-26-20)32(30,31)28-15(9-23)10-24/h6-8,12-13,15-16,28H,2-5,9-10H2,1H3. The number of aromatic nitrogens is 3. The zero-order valence-electron chi connectivity index (χ0n) is 17.6. The van der Waals surface area contributed by atoms with Crippen molar-refractivity contribution < 1.29 is 17.2 Å². The molecule has 0 bridgehead atoms. The molecule has 0 amide bonds. The van der Waals surface area contributed by atoms with Gasteiger partial charge in [0, 0.05) is 23.8 Å². The fraction of sp³-hybridized carbons (Fsp3) is 0.409. The van der Waals surface area contributed by atoms with Crippen molar-refractivity contribution in [3.63, 3.8) is 0 Å². The van der Waals surface area contributed by atoms with Gasteiger partial charge in [-0.05, 0) is 49.4 Å². The number of rotatable bonds is 8. The summed E-state index contributed by atoms with van der Waals surface area (Å²) in [5, 5.41) is 10.7. The molecule has 3 aromatic heterocycles. The van der Waals surface area contributed by atoms with E-state index in [9.17, 15) is 22.5 Å². The molecule has 7 nitrogen and oxygen atoms in total. The summed E-state index contributed by atoms with van der Waals surface area (Å²) in [7, 11) is -4.13. The lowest BCUT2D eigenvalue weighted by Crippen LogP contribution is -2.37. The number of nitriles is 1. The second kappa shape index (κ2) is 8.92. The Morgan fingerprint density at radius 3 is 2.53 bits per heavy atom. The smallest absolute Gasteiger partial charge is 0.242 e. The number of nitrogens with zero attached hydrogens (tertiary/aromatic N) is 4. The first-order valence-electron chi connectivity index (χ1n) is 10.5. The minimum Gasteiger partial charge on any atom is -0.320 e. The van der Waals surface area contributed by atoms with E-state index < -0.39 is 29.4 Å². The molecule has 4 rings (SSSR count). The van der Waals surface area contributed by atoms with Crippen LogP contribution in [0.4, 0.5) is 8.78 Å². The van der Waals surface area contributed by atoms with Gasteiger partial charge in [0.25, 0.3) is 0 Å². The van der Waals surface area contributed by atoms with E-state index in [-0.39, 0.29) is 10.9 Å². The third-order valence-corrected chi connectivity index (χ3v) is 7.35. The van der Waals surface area contributed by atoms with Gasteiger partial charge in [-0.25, -0.2) is 26.9 Å². The summed E-state index contributed by atoms with van der Waals surface area (Å²) in [6, 6.07) is 5.84. The van der Waals surface area contributed by atoms with Gasteiger partial charge < -0.3 is 4.57 Å². The molecule has 0 aromatic carbocycles. The number of nitrogens with one attached hydrogen (secondary N) is 1. The van der Waals surface area contributed by atoms with Crippen LogP contribution in [0.1, 0.15) is 43.4 Å². The lowest BCUT2D eigenvalue weighted by Gasteiger charge is -2.29. The fourth-order valence-corrected chi connectivity index (χ4v) is 5.00. The van der Waals surface area contributed by atoms with E-state index in [2.05, 4.69) is 16.0 Å². The molecular formula is C22H23F2N5O2S. The number of fused-ring (bicyclic) bond motifs is 1. The van der Waals surface area contributed by atoms with Gasteiger partial charge in [0.1, 0.15) is 30.0 Å². The minimum absolute atomic E-state index is 0.191. The van der Waals surface area contributed by atoms with Crippen molar-refractivity contribution in [2.24, 2.45) is 0 Å². The van der Waals surface area contributed by atoms with Crippen LogP contribution in [0.3, 0.4) is 0 Å². The van der Waals surface area contributed by atoms with Crippen molar-refractivity contribution >= 4 is 21.1 Å². The zero-order valence-corrected chi connectivity index (χ0v) is 18.4. The molecule has 1 saturated carbocycles. The molecule has 0 atom stereocenters. The molecule has 0 unspecified atom stereocenters. The number of aryl methyl sites for hydroxylation is 1. The highest BCUT2D eigenvalue weighted by Gasteiger charge is 2.29. The SMILES string of the molecule is CCc1cnc2c(c1)c(C#N)c(-c1ccc(S(=O)(=O)NC(CF)CF)cn1)n2C1CCC1. The first kappa shape index (κ1) is 22.3. The van der Waals surface area contributed by atoms with Gasteiger partial charge in [-0.2, -0.15) is 5.26 Å². The lowest BCUT2D eigenvalue weighted by molar-refractivity contribution is 0.322. The maximum atomic E-state index is 12.8. The van der Waals surface area contributed by atoms with E-state index in [1.807, 2.05) is 28.5 Å². The molecule has 3 heterocycles. The Balaban J connectivity index is 1.82. The van der Waals surface area contributed by atoms with Crippen molar-refractivity contribution in [2.45, 2.75) is 49.6 Å². The maximum Gasteiger partial charge on any atom is 0.242 e. The summed E-state index contributed by atoms with van der Waals surface area (Å²) in [5.74, 6) is 0. The van der Waals surface area contributed by atoms with E-state index in [1.54, 1.807) is 0 Å². The molecular weight excluding hydrogens is 436 g/mol. The molecule has 1 aliphatic rings. The van der Waals surface area contributed by atoms with Gasteiger partial charge in [-0.15, -0.1) is 0 Å². The second-order valence-corrected chi connectivity index (χ2v) is 9.58. The van der Waals surface area contributed by atoms with Crippen LogP contribution in [0.15, 0.2) is 35.5 Å². The summed E-state index contributed by atoms with van der Waals surface area (Å²) in [5.41, 5.74) is 3.23. The Kier molecular flexibility index (Phi) is 6.22. The zero-order chi connectivity index (χ0) is 22.9. The van der Waals surface area contributed by atoms with Crippen LogP contribution in [0.25, 0.3) is 22.4 Å². The first-order chi connectivity index (χ1) is 15.4. The number of pyridine rings is 2. The molecule has 1 N–H and O–H groups in total. The van der Waals surface area contributed by atoms with E-state index in [1.165, 1.54) is 12.1 Å². The van der Waals surface area contributed by atoms with Crippen molar-refractivity contribution in [1.29, 1.82) is 5.26 Å². The van der Waals surface area contributed by atoms with Crippen LogP contribution in [-0.4, -0.2) is 42.3 Å². The summed E-state index contributed by atoms with van der Waals surface area (Å²) in [6.45, 7) is -0.286. The fourth-order valence-electron chi connectivity index (χ4n) is 3.86. The van der Waals surface area contributed by atoms with Crippen molar-refractivity contribution in [1.82, 2.24) is 19.3 Å². The Morgan fingerprint density at radius 1 is 1.25 bits per heavy atom. The highest BCUT2D eigenvalue weighted by Crippen LogP contribution is 2.41. The number of halogens is 2. The van der Waals surface area contributed by atoms with E-state index in [4.69, 9.17) is 0 Å². The molecule has 32 heavy (non-hydrogen) atoms. The monoisotopic (exact) mass is 459 g/mol. The summed E-state index contributed by atoms with van der Waals surface area (Å²) < 4.78 is 54.4. The Labute approximate surface area is 185 Å². The van der Waals surface area contributed by atoms with Crippen molar-refractivity contribution in [3.05, 3.63) is 41.7 Å². The van der Waals surface area contributed by atoms with Crippen LogP contribution in [0, 0.1) is 11.3 Å². The summed E-state index contributed by atoms with van der Waals surface area (Å²) in [6.07, 6.45) is 6.74. The largest absolute Gasteiger partial charge is 0.320 e. The Hall–Kier alpha value is -2.90. The molecule has 3 aromatic rings. The topological polar surface area (TPSA) is 101 Å². The lowest BCUT2D eigenvalue weighted by atomic mass is 9.92. The first-order valence-corrected chi connectivity index (χ1v) is 11.9. The quantitative estimate of drug-likeness (QED) is 0.552. The third kappa shape index (κ3) is 3.87. The van der Waals surface area contributed by atoms with Crippen molar-refractivity contribution in [3.8, 4) is 17.5 Å². The predicted octanol–water partition coefficient (Wildman–Crippen LogP) is 3.84. The number of hydrogen-bond donors (Lipinski definition) is 1. The van der Waals surface area contributed by atoms with E-state index >= 15 is 0 Å². The molecule has 0 spiro atoms. The predicted molar refractivity (Wildman–Crippen MR) is 116 cm³/mol. The number of hydrogen-bond acceptors (Lipinski definition) is 5. The Bertz CT molecular complexity index is 1270. The third-order valence-electron chi connectivity index (χ3n) is 5.84. The van der Waals surface area contributed by atoms with Gasteiger partial charge in [0.2, 0.25) is 10.0 Å². The molecule has 1 aliphatic carbocycles. The summed E-state index contributed by atoms with van der Waals surface area (Å²) in [4.78, 5) is 8.74. The highest BCUT2D eigenvalue weighted by atomic mass is 32.2. The van der Waals surface area contributed by atoms with Gasteiger partial charge in [-0.1, -0.05) is 6.92 Å². The van der Waals surface area contributed by atoms with Crippen LogP contribution in [0.2, 0.25) is 0 Å². The van der Waals surface area contributed by atoms with Gasteiger partial charge in [0.05, 0.1) is 23.0 Å². The average Bonchev–Trinajstić information content (AvgIpc) is 3.09. The van der Waals surface area contributed by atoms with Crippen LogP contribution < -0.4 is 4.72 Å². The maximum absolute atomic E-state index is 12.8. The van der Waals surface area contributed by atoms with Crippen LogP contribution in [0.5, 0.6) is 0 Å². The van der Waals surface area contributed by atoms with E-state index in [0.717, 1.165) is 42.8 Å². The summed E-state index contributed by atoms with van der Waals surface area (Å²) >= 11 is 0. The second-order valence-electron chi connectivity index (χ2n) is 7.86. The number of alkyl halides is 2. The van der Waals surface area contributed by atoms with Gasteiger partial charge in [-0.3, -0.25) is 4.98 Å². The molecule has 0 radical (unpaired) electrons. The normalized spacial score (nSPS) is 14.6.